The van der Waals surface area contributed by atoms with E-state index in [4.69, 9.17) is 0 Å². The lowest BCUT2D eigenvalue weighted by Gasteiger charge is -2.05. The molecule has 0 spiro atoms. The summed E-state index contributed by atoms with van der Waals surface area (Å²) < 4.78 is 0. The van der Waals surface area contributed by atoms with Crippen LogP contribution in [-0.2, 0) is 12.3 Å². The maximum absolute atomic E-state index is 10.7. The van der Waals surface area contributed by atoms with Crippen molar-refractivity contribution < 1.29 is 4.92 Å². The Bertz CT molecular complexity index is 599. The van der Waals surface area contributed by atoms with Gasteiger partial charge in [-0.05, 0) is 29.8 Å². The molecule has 110 valence electrons. The van der Waals surface area contributed by atoms with Crippen molar-refractivity contribution in [2.24, 2.45) is 0 Å². The van der Waals surface area contributed by atoms with Crippen molar-refractivity contribution >= 4 is 17.4 Å². The monoisotopic (exact) mass is 302 g/mol. The zero-order chi connectivity index (χ0) is 15.1. The molecule has 0 aromatic heterocycles. The first-order valence-electron chi connectivity index (χ1n) is 6.85. The molecule has 4 nitrogen and oxygen atoms in total. The van der Waals surface area contributed by atoms with Gasteiger partial charge in [0.15, 0.2) is 0 Å². The minimum absolute atomic E-state index is 0.147. The van der Waals surface area contributed by atoms with Crippen molar-refractivity contribution in [3.05, 3.63) is 69.8 Å². The highest BCUT2D eigenvalue weighted by Crippen LogP contribution is 2.24. The molecular formula is C16H18N2O2S. The fraction of sp³-hybridized carbons (Fsp3) is 0.250. The van der Waals surface area contributed by atoms with Gasteiger partial charge in [0, 0.05) is 29.3 Å². The molecule has 0 radical (unpaired) electrons. The van der Waals surface area contributed by atoms with Crippen molar-refractivity contribution in [2.45, 2.75) is 24.1 Å². The van der Waals surface area contributed by atoms with Crippen LogP contribution in [0.2, 0.25) is 0 Å². The van der Waals surface area contributed by atoms with Crippen LogP contribution in [-0.4, -0.2) is 11.5 Å². The van der Waals surface area contributed by atoms with Gasteiger partial charge in [0.05, 0.1) is 4.92 Å². The van der Waals surface area contributed by atoms with E-state index in [9.17, 15) is 10.1 Å². The third-order valence-electron chi connectivity index (χ3n) is 3.03. The minimum Gasteiger partial charge on any atom is -0.313 e. The van der Waals surface area contributed by atoms with E-state index in [-0.39, 0.29) is 10.6 Å². The van der Waals surface area contributed by atoms with E-state index in [0.29, 0.717) is 0 Å². The summed E-state index contributed by atoms with van der Waals surface area (Å²) in [4.78, 5) is 11.6. The van der Waals surface area contributed by atoms with E-state index in [1.54, 1.807) is 23.9 Å². The second-order valence-electron chi connectivity index (χ2n) is 4.64. The van der Waals surface area contributed by atoms with Crippen molar-refractivity contribution in [3.63, 3.8) is 0 Å². The first-order valence-corrected chi connectivity index (χ1v) is 7.83. The van der Waals surface area contributed by atoms with Crippen LogP contribution in [0.25, 0.3) is 0 Å². The van der Waals surface area contributed by atoms with E-state index in [0.717, 1.165) is 24.4 Å². The van der Waals surface area contributed by atoms with E-state index < -0.39 is 0 Å². The molecule has 2 aromatic carbocycles. The molecule has 5 heteroatoms. The average molecular weight is 302 g/mol. The predicted molar refractivity (Wildman–Crippen MR) is 86.5 cm³/mol. The lowest BCUT2D eigenvalue weighted by molar-refractivity contribution is -0.384. The molecule has 2 rings (SSSR count). The number of nitro benzene ring substituents is 1. The Morgan fingerprint density at radius 3 is 2.57 bits per heavy atom. The summed E-state index contributed by atoms with van der Waals surface area (Å²) in [5.74, 6) is 0.730. The normalized spacial score (nSPS) is 10.5. The minimum atomic E-state index is -0.357. The van der Waals surface area contributed by atoms with Gasteiger partial charge < -0.3 is 5.32 Å². The molecule has 2 aromatic rings. The molecule has 0 aliphatic rings. The largest absolute Gasteiger partial charge is 0.313 e. The number of non-ortho nitro benzene ring substituents is 1. The van der Waals surface area contributed by atoms with Gasteiger partial charge in [-0.3, -0.25) is 10.1 Å². The highest BCUT2D eigenvalue weighted by atomic mass is 32.2. The summed E-state index contributed by atoms with van der Waals surface area (Å²) in [5, 5.41) is 14.0. The zero-order valence-corrected chi connectivity index (χ0v) is 12.7. The van der Waals surface area contributed by atoms with E-state index in [1.807, 2.05) is 6.07 Å². The Morgan fingerprint density at radius 1 is 1.14 bits per heavy atom. The fourth-order valence-electron chi connectivity index (χ4n) is 1.90. The van der Waals surface area contributed by atoms with Gasteiger partial charge >= 0.3 is 0 Å². The molecule has 0 unspecified atom stereocenters. The van der Waals surface area contributed by atoms with Gasteiger partial charge in [-0.15, -0.1) is 11.8 Å². The van der Waals surface area contributed by atoms with E-state index >= 15 is 0 Å². The van der Waals surface area contributed by atoms with Crippen molar-refractivity contribution in [1.29, 1.82) is 0 Å². The number of thioether (sulfide) groups is 1. The van der Waals surface area contributed by atoms with Crippen LogP contribution in [0.1, 0.15) is 18.1 Å². The molecule has 0 bridgehead atoms. The number of benzene rings is 2. The lowest BCUT2D eigenvalue weighted by Crippen LogP contribution is -2.11. The zero-order valence-electron chi connectivity index (χ0n) is 11.9. The van der Waals surface area contributed by atoms with Gasteiger partial charge in [-0.25, -0.2) is 0 Å². The average Bonchev–Trinajstić information content (AvgIpc) is 2.52. The number of nitrogens with one attached hydrogen (secondary N) is 1. The Labute approximate surface area is 128 Å². The van der Waals surface area contributed by atoms with Gasteiger partial charge in [0.1, 0.15) is 0 Å². The number of rotatable bonds is 7. The molecule has 0 heterocycles. The summed E-state index contributed by atoms with van der Waals surface area (Å²) in [6.07, 6.45) is 0. The Hall–Kier alpha value is -1.85. The van der Waals surface area contributed by atoms with Crippen molar-refractivity contribution in [3.8, 4) is 0 Å². The van der Waals surface area contributed by atoms with Crippen LogP contribution >= 0.6 is 11.8 Å². The molecule has 0 amide bonds. The van der Waals surface area contributed by atoms with Crippen LogP contribution in [0.3, 0.4) is 0 Å². The molecule has 21 heavy (non-hydrogen) atoms. The van der Waals surface area contributed by atoms with Crippen LogP contribution < -0.4 is 5.32 Å². The molecular weight excluding hydrogens is 284 g/mol. The topological polar surface area (TPSA) is 55.2 Å². The third kappa shape index (κ3) is 4.88. The van der Waals surface area contributed by atoms with E-state index in [1.165, 1.54) is 16.5 Å². The first kappa shape index (κ1) is 15.5. The highest BCUT2D eigenvalue weighted by molar-refractivity contribution is 7.98. The summed E-state index contributed by atoms with van der Waals surface area (Å²) in [6, 6.07) is 15.2. The van der Waals surface area contributed by atoms with Gasteiger partial charge in [0.2, 0.25) is 0 Å². The summed E-state index contributed by atoms with van der Waals surface area (Å²) in [5.41, 5.74) is 2.37. The Kier molecular flexibility index (Phi) is 5.78. The van der Waals surface area contributed by atoms with Crippen LogP contribution in [0.15, 0.2) is 53.4 Å². The number of nitro groups is 1. The second-order valence-corrected chi connectivity index (χ2v) is 5.69. The van der Waals surface area contributed by atoms with Gasteiger partial charge in [0.25, 0.3) is 5.69 Å². The number of hydrogen-bond donors (Lipinski definition) is 1. The molecule has 0 fully saturated rings. The molecule has 0 atom stereocenters. The van der Waals surface area contributed by atoms with Gasteiger partial charge in [-0.1, -0.05) is 31.2 Å². The summed E-state index contributed by atoms with van der Waals surface area (Å²) >= 11 is 1.68. The lowest BCUT2D eigenvalue weighted by atomic mass is 10.2. The predicted octanol–water partition coefficient (Wildman–Crippen LogP) is 4.00. The smallest absolute Gasteiger partial charge is 0.269 e. The maximum Gasteiger partial charge on any atom is 0.269 e. The van der Waals surface area contributed by atoms with Crippen LogP contribution in [0, 0.1) is 10.1 Å². The van der Waals surface area contributed by atoms with Crippen LogP contribution in [0.5, 0.6) is 0 Å². The quantitative estimate of drug-likeness (QED) is 0.477. The fourth-order valence-corrected chi connectivity index (χ4v) is 2.74. The van der Waals surface area contributed by atoms with Crippen LogP contribution in [0.4, 0.5) is 5.69 Å². The maximum atomic E-state index is 10.7. The first-order chi connectivity index (χ1) is 10.2. The SMILES string of the molecule is CCNCc1ccc(SCc2cccc([N+](=O)[O-])c2)cc1. The highest BCUT2D eigenvalue weighted by Gasteiger charge is 2.05. The van der Waals surface area contributed by atoms with Crippen molar-refractivity contribution in [2.75, 3.05) is 6.54 Å². The molecule has 1 N–H and O–H groups in total. The number of nitrogens with zero attached hydrogens (tertiary/aromatic N) is 1. The van der Waals surface area contributed by atoms with E-state index in [2.05, 4.69) is 36.5 Å². The molecule has 0 saturated heterocycles. The Morgan fingerprint density at radius 2 is 1.90 bits per heavy atom. The van der Waals surface area contributed by atoms with Crippen molar-refractivity contribution in [1.82, 2.24) is 5.32 Å². The number of hydrogen-bond acceptors (Lipinski definition) is 4. The standard InChI is InChI=1S/C16H18N2O2S/c1-2-17-11-13-6-8-16(9-7-13)21-12-14-4-3-5-15(10-14)18(19)20/h3-10,17H,2,11-12H2,1H3. The molecule has 0 saturated carbocycles. The second kappa shape index (κ2) is 7.81. The molecule has 0 aliphatic heterocycles. The third-order valence-corrected chi connectivity index (χ3v) is 4.11. The molecule has 0 aliphatic carbocycles. The Balaban J connectivity index is 1.93. The van der Waals surface area contributed by atoms with Gasteiger partial charge in [-0.2, -0.15) is 0 Å². The summed E-state index contributed by atoms with van der Waals surface area (Å²) in [7, 11) is 0. The summed E-state index contributed by atoms with van der Waals surface area (Å²) in [6.45, 7) is 3.93.